The number of Topliss-reactive ketones (excluding diaryl/α,β-unsaturated/α-hetero) is 1. The van der Waals surface area contributed by atoms with Crippen molar-refractivity contribution in [3.8, 4) is 22.8 Å². The van der Waals surface area contributed by atoms with E-state index in [9.17, 15) is 19.5 Å². The first kappa shape index (κ1) is 25.5. The van der Waals surface area contributed by atoms with Crippen LogP contribution in [-0.4, -0.2) is 28.9 Å². The Balaban J connectivity index is 1.57. The summed E-state index contributed by atoms with van der Waals surface area (Å²) in [7, 11) is 0. The predicted molar refractivity (Wildman–Crippen MR) is 141 cm³/mol. The molecule has 0 spiro atoms. The molecule has 0 saturated carbocycles. The number of ketones is 1. The summed E-state index contributed by atoms with van der Waals surface area (Å²) < 4.78 is 17.3. The van der Waals surface area contributed by atoms with Crippen molar-refractivity contribution in [2.75, 3.05) is 0 Å². The van der Waals surface area contributed by atoms with Crippen molar-refractivity contribution in [3.05, 3.63) is 77.1 Å². The highest BCUT2D eigenvalue weighted by Crippen LogP contribution is 2.47. The minimum atomic E-state index is -0.666. The van der Waals surface area contributed by atoms with Crippen LogP contribution in [0.4, 0.5) is 0 Å². The number of esters is 2. The normalized spacial score (nSPS) is 20.6. The molecule has 2 aromatic carbocycles. The predicted octanol–water partition coefficient (Wildman–Crippen LogP) is 6.58. The Bertz CT molecular complexity index is 1380. The van der Waals surface area contributed by atoms with Crippen LogP contribution >= 0.6 is 0 Å². The molecule has 1 N–H and O–H groups in total. The molecule has 0 aliphatic carbocycles. The zero-order valence-corrected chi connectivity index (χ0v) is 21.3. The molecule has 0 fully saturated rings. The first-order valence-electron chi connectivity index (χ1n) is 13.1. The fourth-order valence-electron chi connectivity index (χ4n) is 5.06. The number of carbonyl (C=O) groups excluding carboxylic acids is 3. The molecule has 2 aliphatic rings. The van der Waals surface area contributed by atoms with Gasteiger partial charge in [0.25, 0.3) is 0 Å². The molecular weight excluding hydrogens is 484 g/mol. The highest BCUT2D eigenvalue weighted by atomic mass is 16.5. The second kappa shape index (κ2) is 11.1. The number of cyclic esters (lactones) is 1. The van der Waals surface area contributed by atoms with E-state index in [0.29, 0.717) is 61.2 Å². The van der Waals surface area contributed by atoms with E-state index in [-0.39, 0.29) is 29.3 Å². The van der Waals surface area contributed by atoms with E-state index in [1.165, 1.54) is 0 Å². The first-order chi connectivity index (χ1) is 18.4. The van der Waals surface area contributed by atoms with Crippen LogP contribution in [0.1, 0.15) is 85.0 Å². The van der Waals surface area contributed by atoms with Crippen molar-refractivity contribution in [1.82, 2.24) is 0 Å². The van der Waals surface area contributed by atoms with E-state index in [1.54, 1.807) is 25.1 Å². The zero-order valence-electron chi connectivity index (χ0n) is 21.3. The van der Waals surface area contributed by atoms with Gasteiger partial charge in [0.1, 0.15) is 34.4 Å². The van der Waals surface area contributed by atoms with E-state index < -0.39 is 24.0 Å². The van der Waals surface area contributed by atoms with Gasteiger partial charge in [-0.25, -0.2) is 4.79 Å². The average Bonchev–Trinajstić information content (AvgIpc) is 3.38. The molecule has 0 saturated heterocycles. The van der Waals surface area contributed by atoms with Crippen molar-refractivity contribution in [3.63, 3.8) is 0 Å². The van der Waals surface area contributed by atoms with Gasteiger partial charge in [0.05, 0.1) is 18.4 Å². The Labute approximate surface area is 221 Å². The third-order valence-corrected chi connectivity index (χ3v) is 7.01. The number of ether oxygens (including phenoxy) is 2. The van der Waals surface area contributed by atoms with Gasteiger partial charge < -0.3 is 19.0 Å². The number of hydrogen-bond donors (Lipinski definition) is 1. The van der Waals surface area contributed by atoms with Gasteiger partial charge in [-0.05, 0) is 56.4 Å². The molecule has 38 heavy (non-hydrogen) atoms. The Hall–Kier alpha value is -4.13. The second-order valence-corrected chi connectivity index (χ2v) is 9.84. The van der Waals surface area contributed by atoms with E-state index in [4.69, 9.17) is 13.9 Å². The van der Waals surface area contributed by atoms with Crippen molar-refractivity contribution < 1.29 is 33.4 Å². The van der Waals surface area contributed by atoms with Crippen LogP contribution in [0.3, 0.4) is 0 Å². The largest absolute Gasteiger partial charge is 0.507 e. The van der Waals surface area contributed by atoms with Gasteiger partial charge in [-0.2, -0.15) is 0 Å². The number of allylic oxidation sites excluding steroid dienone is 1. The monoisotopic (exact) mass is 514 g/mol. The smallest absolute Gasteiger partial charge is 0.342 e. The molecule has 1 aromatic heterocycles. The Morgan fingerprint density at radius 1 is 0.974 bits per heavy atom. The number of benzene rings is 2. The molecule has 1 unspecified atom stereocenters. The number of phenols is 1. The van der Waals surface area contributed by atoms with Gasteiger partial charge in [-0.1, -0.05) is 42.5 Å². The minimum Gasteiger partial charge on any atom is -0.507 e. The summed E-state index contributed by atoms with van der Waals surface area (Å²) in [6.45, 7) is 1.78. The molecule has 0 radical (unpaired) electrons. The number of hydrogen-bond acceptors (Lipinski definition) is 7. The first-order valence-corrected chi connectivity index (χ1v) is 13.1. The van der Waals surface area contributed by atoms with Crippen LogP contribution in [0.25, 0.3) is 17.4 Å². The zero-order chi connectivity index (χ0) is 26.6. The van der Waals surface area contributed by atoms with Crippen LogP contribution in [-0.2, 0) is 14.3 Å². The second-order valence-electron chi connectivity index (χ2n) is 9.84. The van der Waals surface area contributed by atoms with Gasteiger partial charge in [0.15, 0.2) is 0 Å². The quantitative estimate of drug-likeness (QED) is 0.304. The fraction of sp³-hybridized carbons (Fsp3) is 0.323. The standard InChI is InChI=1S/C31H30O7/c1-19-9-8-14-22(32)13-7-3-6-12-21-17-26-29(30(34)28(21)31(35)36-19)23(18-27(33)38-26)25-16-15-24(37-25)20-10-4-2-5-11-20/h2,4-6,10-12,15-17,19,23,34H,3,7-9,13-14,18H2,1H3/t19-,23?/m0/s1. The van der Waals surface area contributed by atoms with Crippen molar-refractivity contribution >= 4 is 23.8 Å². The summed E-state index contributed by atoms with van der Waals surface area (Å²) >= 11 is 0. The maximum atomic E-state index is 13.3. The van der Waals surface area contributed by atoms with Crippen LogP contribution in [0.15, 0.2) is 59.0 Å². The van der Waals surface area contributed by atoms with Gasteiger partial charge in [0, 0.05) is 24.0 Å². The summed E-state index contributed by atoms with van der Waals surface area (Å²) in [6, 6.07) is 14.8. The Morgan fingerprint density at radius 2 is 1.76 bits per heavy atom. The highest BCUT2D eigenvalue weighted by molar-refractivity contribution is 5.98. The third-order valence-electron chi connectivity index (χ3n) is 7.01. The SMILES string of the molecule is C[C@H]1CCCC(=O)CCCC=Cc2cc3c(c(O)c2C(=O)O1)C(c1ccc(-c2ccccc2)o1)CC(=O)O3. The van der Waals surface area contributed by atoms with Gasteiger partial charge in [-0.15, -0.1) is 0 Å². The molecule has 7 nitrogen and oxygen atoms in total. The summed E-state index contributed by atoms with van der Waals surface area (Å²) in [5.41, 5.74) is 1.62. The van der Waals surface area contributed by atoms with Gasteiger partial charge in [0.2, 0.25) is 0 Å². The lowest BCUT2D eigenvalue weighted by Gasteiger charge is -2.26. The van der Waals surface area contributed by atoms with E-state index in [0.717, 1.165) is 5.56 Å². The molecular formula is C31H30O7. The maximum Gasteiger partial charge on any atom is 0.342 e. The molecule has 196 valence electrons. The van der Waals surface area contributed by atoms with E-state index in [1.807, 2.05) is 42.5 Å². The molecule has 3 heterocycles. The van der Waals surface area contributed by atoms with Crippen LogP contribution in [0.5, 0.6) is 11.5 Å². The molecule has 3 aromatic rings. The molecule has 7 heteroatoms. The van der Waals surface area contributed by atoms with Gasteiger partial charge in [-0.3, -0.25) is 9.59 Å². The van der Waals surface area contributed by atoms with Crippen LogP contribution in [0, 0.1) is 0 Å². The number of phenolic OH excluding ortho intramolecular Hbond substituents is 1. The van der Waals surface area contributed by atoms with Crippen LogP contribution < -0.4 is 4.74 Å². The maximum absolute atomic E-state index is 13.3. The number of aromatic hydroxyl groups is 1. The highest BCUT2D eigenvalue weighted by Gasteiger charge is 2.37. The Kier molecular flexibility index (Phi) is 7.45. The molecule has 0 amide bonds. The van der Waals surface area contributed by atoms with Crippen LogP contribution in [0.2, 0.25) is 0 Å². The number of furan rings is 1. The minimum absolute atomic E-state index is 0.0257. The summed E-state index contributed by atoms with van der Waals surface area (Å²) in [6.07, 6.45) is 6.53. The lowest BCUT2D eigenvalue weighted by atomic mass is 9.86. The number of rotatable bonds is 2. The van der Waals surface area contributed by atoms with Crippen molar-refractivity contribution in [2.45, 2.75) is 63.9 Å². The molecule has 5 rings (SSSR count). The van der Waals surface area contributed by atoms with Gasteiger partial charge >= 0.3 is 11.9 Å². The third kappa shape index (κ3) is 5.42. The molecule has 2 atom stereocenters. The van der Waals surface area contributed by atoms with Crippen molar-refractivity contribution in [1.29, 1.82) is 0 Å². The topological polar surface area (TPSA) is 103 Å². The summed E-state index contributed by atoms with van der Waals surface area (Å²) in [4.78, 5) is 38.0. The lowest BCUT2D eigenvalue weighted by molar-refractivity contribution is -0.135. The summed E-state index contributed by atoms with van der Waals surface area (Å²) in [5.74, 6) is -0.540. The lowest BCUT2D eigenvalue weighted by Crippen LogP contribution is -2.23. The van der Waals surface area contributed by atoms with Crippen molar-refractivity contribution in [2.24, 2.45) is 0 Å². The van der Waals surface area contributed by atoms with E-state index >= 15 is 0 Å². The number of fused-ring (bicyclic) bond motifs is 2. The fourth-order valence-corrected chi connectivity index (χ4v) is 5.06. The van der Waals surface area contributed by atoms with E-state index in [2.05, 4.69) is 0 Å². The molecule has 0 bridgehead atoms. The Morgan fingerprint density at radius 3 is 2.58 bits per heavy atom. The summed E-state index contributed by atoms with van der Waals surface area (Å²) in [5, 5.41) is 11.5. The average molecular weight is 515 g/mol. The molecule has 2 aliphatic heterocycles. The number of carbonyl (C=O) groups is 3.